The van der Waals surface area contributed by atoms with E-state index in [0.29, 0.717) is 0 Å². The first-order valence-electron chi connectivity index (χ1n) is 22.1. The second kappa shape index (κ2) is 16.4. The van der Waals surface area contributed by atoms with Crippen LogP contribution in [0.25, 0.3) is 66.1 Å². The molecule has 1 aliphatic rings. The van der Waals surface area contributed by atoms with E-state index in [1.807, 2.05) is 18.2 Å². The molecule has 304 valence electrons. The lowest BCUT2D eigenvalue weighted by atomic mass is 9.81. The molecule has 0 heterocycles. The van der Waals surface area contributed by atoms with E-state index in [4.69, 9.17) is 0 Å². The number of benzene rings is 10. The van der Waals surface area contributed by atoms with Crippen LogP contribution >= 0.6 is 0 Å². The van der Waals surface area contributed by atoms with Gasteiger partial charge in [-0.25, -0.2) is 0 Å². The number of anilines is 3. The zero-order chi connectivity index (χ0) is 43.1. The zero-order valence-electron chi connectivity index (χ0n) is 36.7. The minimum absolute atomic E-state index is 0.0335. The normalized spacial score (nSPS) is 12.3. The first-order chi connectivity index (χ1) is 30.7. The molecule has 0 spiro atoms. The summed E-state index contributed by atoms with van der Waals surface area (Å²) in [6.45, 7) is 11.2. The third-order valence-corrected chi connectivity index (χ3v) is 13.1. The van der Waals surface area contributed by atoms with Gasteiger partial charge in [0.15, 0.2) is 0 Å². The summed E-state index contributed by atoms with van der Waals surface area (Å²) >= 11 is 0. The molecule has 0 N–H and O–H groups in total. The smallest absolute Gasteiger partial charge is 0.0540 e. The number of aryl methyl sites for hydroxylation is 3. The molecule has 0 saturated carbocycles. The van der Waals surface area contributed by atoms with Crippen LogP contribution in [-0.2, 0) is 5.41 Å². The highest BCUT2D eigenvalue weighted by atomic mass is 15.1. The number of hydrogen-bond acceptors (Lipinski definition) is 1. The van der Waals surface area contributed by atoms with Gasteiger partial charge in [0.1, 0.15) is 0 Å². The Morgan fingerprint density at radius 2 is 0.873 bits per heavy atom. The van der Waals surface area contributed by atoms with Gasteiger partial charge in [-0.2, -0.15) is 0 Å². The third kappa shape index (κ3) is 7.40. The fraction of sp³-hybridized carbons (Fsp3) is 0.0968. The van der Waals surface area contributed by atoms with Crippen molar-refractivity contribution in [3.05, 3.63) is 246 Å². The number of hydrogen-bond donors (Lipinski definition) is 0. The molecular weight excluding hydrogens is 759 g/mol. The van der Waals surface area contributed by atoms with Crippen molar-refractivity contribution in [2.24, 2.45) is 0 Å². The Morgan fingerprint density at radius 3 is 1.56 bits per heavy atom. The van der Waals surface area contributed by atoms with Gasteiger partial charge in [-0.15, -0.1) is 0 Å². The van der Waals surface area contributed by atoms with E-state index in [9.17, 15) is 0 Å². The second-order valence-electron chi connectivity index (χ2n) is 17.5. The molecule has 0 aromatic heterocycles. The monoisotopic (exact) mass is 809 g/mol. The van der Waals surface area contributed by atoms with Crippen molar-refractivity contribution in [3.8, 4) is 44.5 Å². The number of fused-ring (bicyclic) bond motifs is 5. The summed E-state index contributed by atoms with van der Waals surface area (Å²) in [6, 6.07) is 79.7. The van der Waals surface area contributed by atoms with E-state index in [-0.39, 0.29) is 5.41 Å². The maximum absolute atomic E-state index is 2.41. The van der Waals surface area contributed by atoms with Crippen molar-refractivity contribution in [1.82, 2.24) is 0 Å². The Hall–Kier alpha value is -7.48. The van der Waals surface area contributed by atoms with Gasteiger partial charge in [0.05, 0.1) is 5.69 Å². The van der Waals surface area contributed by atoms with Gasteiger partial charge in [-0.1, -0.05) is 195 Å². The minimum atomic E-state index is -0.0335. The van der Waals surface area contributed by atoms with Crippen LogP contribution in [0.3, 0.4) is 0 Å². The average molecular weight is 810 g/mol. The summed E-state index contributed by atoms with van der Waals surface area (Å²) in [6.07, 6.45) is 0. The van der Waals surface area contributed by atoms with E-state index in [0.717, 1.165) is 17.1 Å². The Morgan fingerprint density at radius 1 is 0.349 bits per heavy atom. The molecule has 1 nitrogen and oxygen atoms in total. The predicted octanol–water partition coefficient (Wildman–Crippen LogP) is 17.4. The zero-order valence-corrected chi connectivity index (χ0v) is 36.7. The summed E-state index contributed by atoms with van der Waals surface area (Å²) in [5.74, 6) is 0. The van der Waals surface area contributed by atoms with E-state index in [1.54, 1.807) is 0 Å². The van der Waals surface area contributed by atoms with Crippen LogP contribution in [0, 0.1) is 20.8 Å². The second-order valence-corrected chi connectivity index (χ2v) is 17.5. The van der Waals surface area contributed by atoms with Gasteiger partial charge in [0.2, 0.25) is 0 Å². The lowest BCUT2D eigenvalue weighted by molar-refractivity contribution is 0.660. The van der Waals surface area contributed by atoms with Crippen LogP contribution in [0.4, 0.5) is 17.1 Å². The molecule has 1 aliphatic carbocycles. The quantitative estimate of drug-likeness (QED) is 0.162. The van der Waals surface area contributed by atoms with Crippen molar-refractivity contribution in [2.45, 2.75) is 40.0 Å². The van der Waals surface area contributed by atoms with Crippen LogP contribution in [0.15, 0.2) is 218 Å². The van der Waals surface area contributed by atoms with Gasteiger partial charge in [-0.05, 0) is 146 Å². The van der Waals surface area contributed by atoms with Crippen LogP contribution in [0.2, 0.25) is 0 Å². The van der Waals surface area contributed by atoms with Gasteiger partial charge in [0, 0.05) is 22.2 Å². The molecule has 0 atom stereocenters. The molecule has 0 fully saturated rings. The van der Waals surface area contributed by atoms with Gasteiger partial charge in [0.25, 0.3) is 0 Å². The molecule has 0 unspecified atom stereocenters. The maximum Gasteiger partial charge on any atom is 0.0540 e. The Kier molecular flexibility index (Phi) is 10.3. The molecule has 0 aliphatic heterocycles. The first-order valence-corrected chi connectivity index (χ1v) is 22.1. The molecule has 0 saturated heterocycles. The van der Waals surface area contributed by atoms with Crippen LogP contribution < -0.4 is 4.90 Å². The Bertz CT molecular complexity index is 3260. The maximum atomic E-state index is 2.41. The van der Waals surface area contributed by atoms with Crippen LogP contribution in [-0.4, -0.2) is 0 Å². The molecule has 10 aromatic carbocycles. The standard InChI is InChI=1S/C55H43N.C7H8/c1-36-20-23-42(34-50(36)54-37(2)21-22-41-13-6-8-16-47(41)54)38-24-29-44(30-25-38)56(53-19-11-14-40-12-5-7-15-46(40)53)45-31-26-39(27-32-45)43-28-33-49-48-17-9-10-18-51(48)55(3,4)52(49)35-43;1-7-5-3-2-4-6-7/h5-35H,1-4H3;2-6H,1H3. The largest absolute Gasteiger partial charge is 0.310 e. The highest BCUT2D eigenvalue weighted by molar-refractivity contribution is 6.01. The van der Waals surface area contributed by atoms with E-state index in [2.05, 4.69) is 240 Å². The van der Waals surface area contributed by atoms with Gasteiger partial charge >= 0.3 is 0 Å². The molecule has 0 radical (unpaired) electrons. The molecule has 10 aromatic rings. The molecule has 11 rings (SSSR count). The van der Waals surface area contributed by atoms with Gasteiger partial charge in [-0.3, -0.25) is 0 Å². The fourth-order valence-electron chi connectivity index (χ4n) is 9.66. The number of nitrogens with zero attached hydrogens (tertiary/aromatic N) is 1. The van der Waals surface area contributed by atoms with Crippen LogP contribution in [0.1, 0.15) is 41.7 Å². The minimum Gasteiger partial charge on any atom is -0.310 e. The molecule has 0 amide bonds. The first kappa shape index (κ1) is 39.6. The van der Waals surface area contributed by atoms with Crippen molar-refractivity contribution >= 4 is 38.6 Å². The topological polar surface area (TPSA) is 3.24 Å². The summed E-state index contributed by atoms with van der Waals surface area (Å²) < 4.78 is 0. The molecule has 0 bridgehead atoms. The fourth-order valence-corrected chi connectivity index (χ4v) is 9.66. The highest BCUT2D eigenvalue weighted by Crippen LogP contribution is 2.50. The predicted molar refractivity (Wildman–Crippen MR) is 271 cm³/mol. The molecule has 1 heteroatoms. The summed E-state index contributed by atoms with van der Waals surface area (Å²) in [7, 11) is 0. The summed E-state index contributed by atoms with van der Waals surface area (Å²) in [5, 5.41) is 5.01. The summed E-state index contributed by atoms with van der Waals surface area (Å²) in [5.41, 5.74) is 20.2. The SMILES string of the molecule is Cc1ccc(-c2ccc(N(c3ccc(-c4ccc5c(c4)C(C)(C)c4ccccc4-5)cc3)c3cccc4ccccc34)cc2)cc1-c1c(C)ccc2ccccc12.Cc1ccccc1. The lowest BCUT2D eigenvalue weighted by Crippen LogP contribution is -2.14. The van der Waals surface area contributed by atoms with Crippen molar-refractivity contribution < 1.29 is 0 Å². The lowest BCUT2D eigenvalue weighted by Gasteiger charge is -2.27. The highest BCUT2D eigenvalue weighted by Gasteiger charge is 2.35. The Labute approximate surface area is 372 Å². The van der Waals surface area contributed by atoms with Crippen molar-refractivity contribution in [3.63, 3.8) is 0 Å². The van der Waals surface area contributed by atoms with Gasteiger partial charge < -0.3 is 4.90 Å². The van der Waals surface area contributed by atoms with Crippen molar-refractivity contribution in [2.75, 3.05) is 4.90 Å². The average Bonchev–Trinajstić information content (AvgIpc) is 3.55. The van der Waals surface area contributed by atoms with Crippen LogP contribution in [0.5, 0.6) is 0 Å². The number of rotatable bonds is 6. The molecular formula is C62H51N. The Balaban J connectivity index is 0.000000616. The van der Waals surface area contributed by atoms with Crippen molar-refractivity contribution in [1.29, 1.82) is 0 Å². The third-order valence-electron chi connectivity index (χ3n) is 13.1. The van der Waals surface area contributed by atoms with E-state index >= 15 is 0 Å². The van der Waals surface area contributed by atoms with E-state index < -0.39 is 0 Å². The molecule has 63 heavy (non-hydrogen) atoms. The summed E-state index contributed by atoms with van der Waals surface area (Å²) in [4.78, 5) is 2.40. The van der Waals surface area contributed by atoms with E-state index in [1.165, 1.54) is 93.9 Å².